The summed E-state index contributed by atoms with van der Waals surface area (Å²) in [6, 6.07) is 7.50. The van der Waals surface area contributed by atoms with Crippen molar-refractivity contribution >= 4 is 17.7 Å². The van der Waals surface area contributed by atoms with Gasteiger partial charge in [0.25, 0.3) is 12.3 Å². The minimum Gasteiger partial charge on any atom is -0.496 e. The fraction of sp³-hybridized carbons (Fsp3) is 0.440. The number of anilines is 1. The first-order chi connectivity index (χ1) is 16.7. The normalized spacial score (nSPS) is 18.4. The summed E-state index contributed by atoms with van der Waals surface area (Å²) in [5.74, 6) is -1.07. The number of nitrogens with zero attached hydrogens (tertiary/aromatic N) is 2. The lowest BCUT2D eigenvalue weighted by Crippen LogP contribution is -2.32. The van der Waals surface area contributed by atoms with Crippen molar-refractivity contribution in [3.63, 3.8) is 0 Å². The monoisotopic (exact) mass is 486 g/mol. The van der Waals surface area contributed by atoms with E-state index in [2.05, 4.69) is 15.6 Å². The van der Waals surface area contributed by atoms with E-state index in [1.807, 2.05) is 6.07 Å². The maximum Gasteiger partial charge on any atom is 0.306 e. The van der Waals surface area contributed by atoms with Gasteiger partial charge >= 0.3 is 5.97 Å². The van der Waals surface area contributed by atoms with Gasteiger partial charge < -0.3 is 20.5 Å². The van der Waals surface area contributed by atoms with Crippen LogP contribution in [0.25, 0.3) is 0 Å². The molecule has 8 nitrogen and oxygen atoms in total. The maximum atomic E-state index is 13.8. The Bertz CT molecular complexity index is 1110. The smallest absolute Gasteiger partial charge is 0.306 e. The minimum atomic E-state index is -2.87. The summed E-state index contributed by atoms with van der Waals surface area (Å²) in [6.45, 7) is 2.08. The number of ether oxygens (including phenoxy) is 1. The molecule has 1 atom stereocenters. The number of carbonyl (C=O) groups is 2. The van der Waals surface area contributed by atoms with Gasteiger partial charge in [-0.15, -0.1) is 0 Å². The Kier molecular flexibility index (Phi) is 8.58. The van der Waals surface area contributed by atoms with E-state index >= 15 is 0 Å². The molecule has 186 valence electrons. The molecule has 0 saturated heterocycles. The number of hydrogen-bond donors (Lipinski definition) is 3. The summed E-state index contributed by atoms with van der Waals surface area (Å²) < 4.78 is 33.0. The number of nitriles is 1. The molecule has 3 rings (SSSR count). The predicted octanol–water partition coefficient (Wildman–Crippen LogP) is 4.69. The van der Waals surface area contributed by atoms with E-state index < -0.39 is 29.9 Å². The summed E-state index contributed by atoms with van der Waals surface area (Å²) >= 11 is 0. The van der Waals surface area contributed by atoms with E-state index in [0.29, 0.717) is 49.1 Å². The lowest BCUT2D eigenvalue weighted by molar-refractivity contribution is -0.143. The van der Waals surface area contributed by atoms with Crippen molar-refractivity contribution in [1.82, 2.24) is 10.3 Å². The number of carboxylic acid groups (broad SMARTS) is 1. The third kappa shape index (κ3) is 6.44. The molecule has 0 bridgehead atoms. The maximum absolute atomic E-state index is 13.8. The highest BCUT2D eigenvalue weighted by molar-refractivity contribution is 5.94. The molecule has 0 aliphatic heterocycles. The largest absolute Gasteiger partial charge is 0.496 e. The number of rotatable bonds is 9. The van der Waals surface area contributed by atoms with Crippen LogP contribution in [0.4, 0.5) is 14.6 Å². The third-order valence-electron chi connectivity index (χ3n) is 6.34. The zero-order valence-corrected chi connectivity index (χ0v) is 19.6. The number of pyridine rings is 1. The lowest BCUT2D eigenvalue weighted by Gasteiger charge is -2.26. The number of aliphatic carboxylic acids is 1. The molecule has 1 heterocycles. The molecule has 0 radical (unpaired) electrons. The molecule has 35 heavy (non-hydrogen) atoms. The fourth-order valence-electron chi connectivity index (χ4n) is 4.27. The van der Waals surface area contributed by atoms with Crippen LogP contribution in [-0.4, -0.2) is 35.6 Å². The summed E-state index contributed by atoms with van der Waals surface area (Å²) in [4.78, 5) is 27.7. The quantitative estimate of drug-likeness (QED) is 0.469. The Balaban J connectivity index is 1.69. The van der Waals surface area contributed by atoms with Crippen LogP contribution >= 0.6 is 0 Å². The Morgan fingerprint density at radius 1 is 1.23 bits per heavy atom. The number of nitrogens with one attached hydrogen (secondary N) is 2. The molecular formula is C25H28F2N4O4. The van der Waals surface area contributed by atoms with Crippen molar-refractivity contribution in [2.24, 2.45) is 11.8 Å². The third-order valence-corrected chi connectivity index (χ3v) is 6.34. The number of aromatic nitrogens is 1. The first-order valence-electron chi connectivity index (χ1n) is 11.4. The minimum absolute atomic E-state index is 0.0155. The van der Waals surface area contributed by atoms with E-state index in [9.17, 15) is 23.6 Å². The van der Waals surface area contributed by atoms with Gasteiger partial charge in [-0.25, -0.2) is 13.8 Å². The molecule has 1 aliphatic rings. The number of methoxy groups -OCH3 is 1. The summed E-state index contributed by atoms with van der Waals surface area (Å²) in [6.07, 6.45) is 0.870. The molecule has 1 amide bonds. The van der Waals surface area contributed by atoms with Gasteiger partial charge in [-0.05, 0) is 62.8 Å². The molecule has 3 N–H and O–H groups in total. The van der Waals surface area contributed by atoms with Crippen molar-refractivity contribution in [3.05, 3.63) is 52.7 Å². The van der Waals surface area contributed by atoms with Gasteiger partial charge in [-0.3, -0.25) is 9.59 Å². The molecule has 1 aliphatic carbocycles. The number of halogens is 2. The van der Waals surface area contributed by atoms with Crippen molar-refractivity contribution in [2.45, 2.75) is 45.1 Å². The van der Waals surface area contributed by atoms with Crippen molar-refractivity contribution in [2.75, 3.05) is 19.0 Å². The molecule has 0 unspecified atom stereocenters. The summed E-state index contributed by atoms with van der Waals surface area (Å²) in [5.41, 5.74) is 0.608. The molecular weight excluding hydrogens is 458 g/mol. The Labute approximate surface area is 202 Å². The lowest BCUT2D eigenvalue weighted by atomic mass is 9.82. The highest BCUT2D eigenvalue weighted by Gasteiger charge is 2.26. The second-order valence-electron chi connectivity index (χ2n) is 8.66. The van der Waals surface area contributed by atoms with Crippen LogP contribution in [0.5, 0.6) is 5.75 Å². The molecule has 10 heteroatoms. The van der Waals surface area contributed by atoms with Crippen LogP contribution in [0.15, 0.2) is 30.5 Å². The van der Waals surface area contributed by atoms with E-state index in [1.54, 1.807) is 25.1 Å². The molecule has 1 aromatic carbocycles. The van der Waals surface area contributed by atoms with Crippen LogP contribution in [0, 0.1) is 23.2 Å². The number of hydrogen-bond acceptors (Lipinski definition) is 6. The van der Waals surface area contributed by atoms with Gasteiger partial charge in [-0.2, -0.15) is 5.26 Å². The van der Waals surface area contributed by atoms with Gasteiger partial charge in [0.1, 0.15) is 11.6 Å². The van der Waals surface area contributed by atoms with Crippen molar-refractivity contribution in [3.8, 4) is 11.8 Å². The predicted molar refractivity (Wildman–Crippen MR) is 124 cm³/mol. The Morgan fingerprint density at radius 3 is 2.54 bits per heavy atom. The molecule has 1 saturated carbocycles. The van der Waals surface area contributed by atoms with Crippen LogP contribution in [-0.2, 0) is 4.79 Å². The van der Waals surface area contributed by atoms with Crippen LogP contribution in [0.3, 0.4) is 0 Å². The summed E-state index contributed by atoms with van der Waals surface area (Å²) in [7, 11) is 1.48. The fourth-order valence-corrected chi connectivity index (χ4v) is 4.27. The average molecular weight is 487 g/mol. The molecule has 1 aromatic heterocycles. The van der Waals surface area contributed by atoms with Crippen LogP contribution < -0.4 is 15.4 Å². The molecule has 2 aromatic rings. The summed E-state index contributed by atoms with van der Waals surface area (Å²) in [5, 5.41) is 24.0. The number of carbonyl (C=O) groups excluding carboxylic acids is 1. The van der Waals surface area contributed by atoms with E-state index in [0.717, 1.165) is 6.07 Å². The number of amides is 1. The Morgan fingerprint density at radius 2 is 1.94 bits per heavy atom. The van der Waals surface area contributed by atoms with E-state index in [1.165, 1.54) is 13.3 Å². The van der Waals surface area contributed by atoms with Gasteiger partial charge in [-0.1, -0.05) is 0 Å². The second kappa shape index (κ2) is 11.6. The van der Waals surface area contributed by atoms with Gasteiger partial charge in [0.2, 0.25) is 0 Å². The van der Waals surface area contributed by atoms with E-state index in [4.69, 9.17) is 9.84 Å². The SMILES string of the molecule is COc1ccc(C#N)cc1[C@H](C)Nc1ncc(C(=O)NCC2CCC(C(=O)O)CC2)cc1C(F)F. The molecule has 0 spiro atoms. The zero-order chi connectivity index (χ0) is 25.5. The standard InChI is InChI=1S/C25H28F2N4O4/c1-14(19-9-16(11-28)5-8-21(19)35-2)31-23-20(22(26)27)10-18(13-29-23)24(32)30-12-15-3-6-17(7-4-15)25(33)34/h5,8-10,13-15,17,22H,3-4,6-7,12H2,1-2H3,(H,29,31)(H,30,32)(H,33,34)/t14-,15?,17?/m0/s1. The first-order valence-corrected chi connectivity index (χ1v) is 11.4. The van der Waals surface area contributed by atoms with Gasteiger partial charge in [0.15, 0.2) is 0 Å². The number of benzene rings is 1. The number of alkyl halides is 2. The molecule has 1 fully saturated rings. The highest BCUT2D eigenvalue weighted by Crippen LogP contribution is 2.33. The van der Waals surface area contributed by atoms with Crippen LogP contribution in [0.2, 0.25) is 0 Å². The van der Waals surface area contributed by atoms with Gasteiger partial charge in [0, 0.05) is 18.3 Å². The average Bonchev–Trinajstić information content (AvgIpc) is 2.87. The zero-order valence-electron chi connectivity index (χ0n) is 19.6. The topological polar surface area (TPSA) is 124 Å². The Hall–Kier alpha value is -3.74. The first kappa shape index (κ1) is 25.9. The van der Waals surface area contributed by atoms with Crippen LogP contribution in [0.1, 0.15) is 72.1 Å². The van der Waals surface area contributed by atoms with Crippen molar-refractivity contribution < 1.29 is 28.2 Å². The highest BCUT2D eigenvalue weighted by atomic mass is 19.3. The second-order valence-corrected chi connectivity index (χ2v) is 8.66. The van der Waals surface area contributed by atoms with E-state index in [-0.39, 0.29) is 23.2 Å². The van der Waals surface area contributed by atoms with Crippen molar-refractivity contribution in [1.29, 1.82) is 5.26 Å². The van der Waals surface area contributed by atoms with Gasteiger partial charge in [0.05, 0.1) is 41.8 Å². The number of carboxylic acids is 1.